The average Bonchev–Trinajstić information content (AvgIpc) is 3.23. The Bertz CT molecular complexity index is 1340. The van der Waals surface area contributed by atoms with Gasteiger partial charge in [-0.2, -0.15) is 0 Å². The molecular formula is C26H25BrN4O4S. The molecule has 0 bridgehead atoms. The maximum atomic E-state index is 11.5. The second kappa shape index (κ2) is 11.6. The molecule has 0 spiro atoms. The maximum absolute atomic E-state index is 11.5. The second-order valence-electron chi connectivity index (χ2n) is 8.15. The first-order valence-electron chi connectivity index (χ1n) is 11.2. The van der Waals surface area contributed by atoms with E-state index < -0.39 is 5.25 Å². The van der Waals surface area contributed by atoms with E-state index in [1.54, 1.807) is 7.11 Å². The molecule has 0 fully saturated rings. The third-order valence-electron chi connectivity index (χ3n) is 5.53. The molecule has 1 atom stereocenters. The van der Waals surface area contributed by atoms with Crippen LogP contribution in [0.3, 0.4) is 0 Å². The number of nitro groups is 1. The molecule has 0 radical (unpaired) electrons. The monoisotopic (exact) mass is 568 g/mol. The predicted molar refractivity (Wildman–Crippen MR) is 143 cm³/mol. The predicted octanol–water partition coefficient (Wildman–Crippen LogP) is 6.34. The molecule has 1 heterocycles. The van der Waals surface area contributed by atoms with E-state index in [0.29, 0.717) is 23.3 Å². The lowest BCUT2D eigenvalue weighted by Gasteiger charge is -2.16. The molecule has 3 aromatic carbocycles. The summed E-state index contributed by atoms with van der Waals surface area (Å²) in [5.74, 6) is 2.09. The van der Waals surface area contributed by atoms with Gasteiger partial charge in [-0.1, -0.05) is 47.7 Å². The summed E-state index contributed by atoms with van der Waals surface area (Å²) in [6, 6.07) is 21.2. The smallest absolute Gasteiger partial charge is 0.220 e. The third kappa shape index (κ3) is 6.24. The van der Waals surface area contributed by atoms with Crippen molar-refractivity contribution in [3.05, 3.63) is 104 Å². The number of ether oxygens (including phenoxy) is 2. The zero-order valence-corrected chi connectivity index (χ0v) is 22.5. The highest BCUT2D eigenvalue weighted by atomic mass is 79.9. The van der Waals surface area contributed by atoms with Crippen LogP contribution in [-0.2, 0) is 6.61 Å². The molecule has 4 aromatic rings. The lowest BCUT2D eigenvalue weighted by molar-refractivity contribution is -0.479. The van der Waals surface area contributed by atoms with Crippen LogP contribution in [0.5, 0.6) is 11.5 Å². The first kappa shape index (κ1) is 25.7. The van der Waals surface area contributed by atoms with Gasteiger partial charge in [-0.3, -0.25) is 14.7 Å². The Morgan fingerprint density at radius 2 is 1.78 bits per heavy atom. The van der Waals surface area contributed by atoms with Crippen LogP contribution >= 0.6 is 27.7 Å². The van der Waals surface area contributed by atoms with E-state index >= 15 is 0 Å². The lowest BCUT2D eigenvalue weighted by atomic mass is 10.1. The van der Waals surface area contributed by atoms with Crippen LogP contribution in [0.4, 0.5) is 0 Å². The fraction of sp³-hybridized carbons (Fsp3) is 0.231. The molecule has 0 saturated carbocycles. The van der Waals surface area contributed by atoms with Crippen molar-refractivity contribution in [3.8, 4) is 17.2 Å². The van der Waals surface area contributed by atoms with Crippen molar-refractivity contribution in [3.63, 3.8) is 0 Å². The van der Waals surface area contributed by atoms with Crippen molar-refractivity contribution < 1.29 is 14.4 Å². The third-order valence-corrected chi connectivity index (χ3v) is 7.33. The Kier molecular flexibility index (Phi) is 8.27. The molecule has 0 aliphatic heterocycles. The summed E-state index contributed by atoms with van der Waals surface area (Å²) in [5.41, 5.74) is 3.89. The Balaban J connectivity index is 1.56. The molecule has 186 valence electrons. The lowest BCUT2D eigenvalue weighted by Crippen LogP contribution is -2.11. The van der Waals surface area contributed by atoms with E-state index in [2.05, 4.69) is 26.1 Å². The number of thioether (sulfide) groups is 1. The van der Waals surface area contributed by atoms with Gasteiger partial charge in [0.15, 0.2) is 5.16 Å². The minimum atomic E-state index is -0.483. The number of rotatable bonds is 10. The molecule has 0 unspecified atom stereocenters. The van der Waals surface area contributed by atoms with E-state index in [1.807, 2.05) is 85.1 Å². The largest absolute Gasteiger partial charge is 0.497 e. The standard InChI is InChI=1S/C26H25BrN4O4S/c1-17-4-6-19(7-5-17)16-35-24-13-8-20(14-23(24)27)25(15-30(32)33)36-26-29-28-18(2)31(26)21-9-11-22(34-3)12-10-21/h4-14,25H,15-16H2,1-3H3/t25-/m1/s1. The molecule has 0 aliphatic carbocycles. The first-order chi connectivity index (χ1) is 17.3. The quantitative estimate of drug-likeness (QED) is 0.125. The Morgan fingerprint density at radius 3 is 2.42 bits per heavy atom. The van der Waals surface area contributed by atoms with Gasteiger partial charge in [0, 0.05) is 10.6 Å². The van der Waals surface area contributed by atoms with Crippen molar-refractivity contribution in [1.82, 2.24) is 14.8 Å². The normalized spacial score (nSPS) is 11.8. The van der Waals surface area contributed by atoms with Crippen molar-refractivity contribution in [2.75, 3.05) is 13.7 Å². The molecule has 36 heavy (non-hydrogen) atoms. The summed E-state index contributed by atoms with van der Waals surface area (Å²) in [6.45, 7) is 4.05. The summed E-state index contributed by atoms with van der Waals surface area (Å²) in [5, 5.41) is 20.1. The number of methoxy groups -OCH3 is 1. The van der Waals surface area contributed by atoms with Crippen LogP contribution in [0, 0.1) is 24.0 Å². The van der Waals surface area contributed by atoms with Crippen molar-refractivity contribution >= 4 is 27.7 Å². The van der Waals surface area contributed by atoms with Crippen LogP contribution in [0.1, 0.15) is 27.8 Å². The van der Waals surface area contributed by atoms with Crippen molar-refractivity contribution in [2.45, 2.75) is 30.9 Å². The van der Waals surface area contributed by atoms with Crippen LogP contribution < -0.4 is 9.47 Å². The number of hydrogen-bond acceptors (Lipinski definition) is 7. The Hall–Kier alpha value is -3.37. The number of hydrogen-bond donors (Lipinski definition) is 0. The van der Waals surface area contributed by atoms with E-state index in [4.69, 9.17) is 9.47 Å². The topological polar surface area (TPSA) is 92.3 Å². The van der Waals surface area contributed by atoms with Gasteiger partial charge < -0.3 is 9.47 Å². The van der Waals surface area contributed by atoms with E-state index in [0.717, 1.165) is 27.0 Å². The number of nitrogens with zero attached hydrogens (tertiary/aromatic N) is 4. The fourth-order valence-electron chi connectivity index (χ4n) is 3.60. The summed E-state index contributed by atoms with van der Waals surface area (Å²) < 4.78 is 13.8. The molecule has 4 rings (SSSR count). The van der Waals surface area contributed by atoms with Gasteiger partial charge in [-0.15, -0.1) is 10.2 Å². The minimum absolute atomic E-state index is 0.269. The highest BCUT2D eigenvalue weighted by Crippen LogP contribution is 2.39. The minimum Gasteiger partial charge on any atom is -0.497 e. The summed E-state index contributed by atoms with van der Waals surface area (Å²) in [6.07, 6.45) is 0. The van der Waals surface area contributed by atoms with Gasteiger partial charge in [0.25, 0.3) is 0 Å². The summed E-state index contributed by atoms with van der Waals surface area (Å²) in [4.78, 5) is 11.2. The maximum Gasteiger partial charge on any atom is 0.220 e. The molecule has 1 aromatic heterocycles. The number of aromatic nitrogens is 3. The first-order valence-corrected chi connectivity index (χ1v) is 12.8. The number of benzene rings is 3. The fourth-order valence-corrected chi connectivity index (χ4v) is 5.28. The van der Waals surface area contributed by atoms with Gasteiger partial charge in [-0.05, 0) is 77.3 Å². The van der Waals surface area contributed by atoms with Crippen molar-refractivity contribution in [2.24, 2.45) is 0 Å². The average molecular weight is 569 g/mol. The SMILES string of the molecule is COc1ccc(-n2c(C)nnc2S[C@H](C[N+](=O)[O-])c2ccc(OCc3ccc(C)cc3)c(Br)c2)cc1. The van der Waals surface area contributed by atoms with Gasteiger partial charge >= 0.3 is 0 Å². The van der Waals surface area contributed by atoms with Gasteiger partial charge in [-0.25, -0.2) is 0 Å². The Labute approximate surface area is 221 Å². The molecular weight excluding hydrogens is 544 g/mol. The van der Waals surface area contributed by atoms with Crippen LogP contribution in [-0.4, -0.2) is 33.3 Å². The summed E-state index contributed by atoms with van der Waals surface area (Å²) >= 11 is 4.88. The van der Waals surface area contributed by atoms with Crippen molar-refractivity contribution in [1.29, 1.82) is 0 Å². The Morgan fingerprint density at radius 1 is 1.06 bits per heavy atom. The highest BCUT2D eigenvalue weighted by molar-refractivity contribution is 9.10. The van der Waals surface area contributed by atoms with Crippen LogP contribution in [0.15, 0.2) is 76.4 Å². The molecule has 0 N–H and O–H groups in total. The summed E-state index contributed by atoms with van der Waals surface area (Å²) in [7, 11) is 1.61. The van der Waals surface area contributed by atoms with Gasteiger partial charge in [0.2, 0.25) is 6.54 Å². The highest BCUT2D eigenvalue weighted by Gasteiger charge is 2.24. The second-order valence-corrected chi connectivity index (χ2v) is 10.2. The zero-order valence-electron chi connectivity index (χ0n) is 20.1. The molecule has 0 aliphatic rings. The van der Waals surface area contributed by atoms with Gasteiger partial charge in [0.05, 0.1) is 11.6 Å². The molecule has 0 saturated heterocycles. The molecule has 0 amide bonds. The van der Waals surface area contributed by atoms with E-state index in [1.165, 1.54) is 17.3 Å². The molecule has 10 heteroatoms. The van der Waals surface area contributed by atoms with Crippen LogP contribution in [0.25, 0.3) is 5.69 Å². The number of aryl methyl sites for hydroxylation is 2. The number of halogens is 1. The molecule has 8 nitrogen and oxygen atoms in total. The van der Waals surface area contributed by atoms with Gasteiger partial charge in [0.1, 0.15) is 29.2 Å². The van der Waals surface area contributed by atoms with E-state index in [-0.39, 0.29) is 11.5 Å². The van der Waals surface area contributed by atoms with Crippen LogP contribution in [0.2, 0.25) is 0 Å². The zero-order chi connectivity index (χ0) is 25.7. The van der Waals surface area contributed by atoms with E-state index in [9.17, 15) is 10.1 Å².